The van der Waals surface area contributed by atoms with Gasteiger partial charge in [-0.25, -0.2) is 4.98 Å². The number of hydrogen-bond acceptors (Lipinski definition) is 3. The molecule has 5 nitrogen and oxygen atoms in total. The Hall–Kier alpha value is -1.59. The van der Waals surface area contributed by atoms with E-state index in [-0.39, 0.29) is 18.3 Å². The summed E-state index contributed by atoms with van der Waals surface area (Å²) in [4.78, 5) is 16.2. The van der Waals surface area contributed by atoms with Crippen LogP contribution in [0.1, 0.15) is 24.6 Å². The molecule has 1 aliphatic carbocycles. The molecule has 20 heavy (non-hydrogen) atoms. The normalized spacial score (nSPS) is 14.1. The van der Waals surface area contributed by atoms with Gasteiger partial charge in [-0.2, -0.15) is 0 Å². The molecule has 0 spiro atoms. The number of likely N-dealkylation sites (N-methyl/N-ethyl adjacent to an activating group) is 1. The van der Waals surface area contributed by atoms with Crippen molar-refractivity contribution >= 4 is 35.0 Å². The quantitative estimate of drug-likeness (QED) is 0.907. The van der Waals surface area contributed by atoms with Gasteiger partial charge in [-0.05, 0) is 38.1 Å². The van der Waals surface area contributed by atoms with Crippen LogP contribution in [0.5, 0.6) is 0 Å². The highest BCUT2D eigenvalue weighted by molar-refractivity contribution is 5.94. The Labute approximate surface area is 124 Å². The zero-order valence-corrected chi connectivity index (χ0v) is 12.5. The van der Waals surface area contributed by atoms with Crippen LogP contribution < -0.4 is 10.6 Å². The fourth-order valence-corrected chi connectivity index (χ4v) is 2.37. The minimum absolute atomic E-state index is 0. The highest BCUT2D eigenvalue weighted by Gasteiger charge is 2.28. The maximum absolute atomic E-state index is 11.5. The Morgan fingerprint density at radius 2 is 2.20 bits per heavy atom. The first kappa shape index (κ1) is 14.8. The predicted molar refractivity (Wildman–Crippen MR) is 82.5 cm³/mol. The van der Waals surface area contributed by atoms with E-state index in [9.17, 15) is 4.79 Å². The fourth-order valence-electron chi connectivity index (χ4n) is 2.37. The molecule has 0 atom stereocenters. The van der Waals surface area contributed by atoms with Crippen molar-refractivity contribution in [3.05, 3.63) is 24.0 Å². The lowest BCUT2D eigenvalue weighted by Crippen LogP contribution is -2.24. The largest absolute Gasteiger partial charge is 0.331 e. The molecule has 2 aromatic rings. The van der Waals surface area contributed by atoms with Crippen LogP contribution in [-0.4, -0.2) is 29.1 Å². The molecule has 1 saturated carbocycles. The predicted octanol–water partition coefficient (Wildman–Crippen LogP) is 2.03. The Morgan fingerprint density at radius 3 is 2.85 bits per heavy atom. The van der Waals surface area contributed by atoms with E-state index in [1.165, 1.54) is 12.8 Å². The van der Waals surface area contributed by atoms with Gasteiger partial charge in [0.05, 0.1) is 17.6 Å². The standard InChI is InChI=1S/C14H18N4O.ClH/c1-15-8-13(19)16-10-5-6-12-11(7-10)17-14(18(12)2)9-3-4-9;/h5-7,9,15H,3-4,8H2,1-2H3,(H,16,19);1H. The molecular weight excluding hydrogens is 276 g/mol. The summed E-state index contributed by atoms with van der Waals surface area (Å²) in [7, 11) is 3.81. The molecule has 1 fully saturated rings. The molecule has 0 unspecified atom stereocenters. The minimum atomic E-state index is -0.0415. The monoisotopic (exact) mass is 294 g/mol. The van der Waals surface area contributed by atoms with Crippen LogP contribution in [-0.2, 0) is 11.8 Å². The van der Waals surface area contributed by atoms with Gasteiger partial charge in [-0.3, -0.25) is 4.79 Å². The number of nitrogens with zero attached hydrogens (tertiary/aromatic N) is 2. The molecule has 0 radical (unpaired) electrons. The van der Waals surface area contributed by atoms with Crippen LogP contribution in [0.15, 0.2) is 18.2 Å². The van der Waals surface area contributed by atoms with Gasteiger partial charge in [-0.1, -0.05) is 0 Å². The van der Waals surface area contributed by atoms with E-state index in [2.05, 4.69) is 27.2 Å². The maximum atomic E-state index is 11.5. The van der Waals surface area contributed by atoms with Gasteiger partial charge in [0, 0.05) is 18.7 Å². The summed E-state index contributed by atoms with van der Waals surface area (Å²) in [6.07, 6.45) is 2.48. The van der Waals surface area contributed by atoms with Crippen molar-refractivity contribution in [2.24, 2.45) is 7.05 Å². The van der Waals surface area contributed by atoms with Crippen molar-refractivity contribution in [3.63, 3.8) is 0 Å². The third kappa shape index (κ3) is 2.78. The molecule has 2 N–H and O–H groups in total. The Morgan fingerprint density at radius 1 is 1.45 bits per heavy atom. The topological polar surface area (TPSA) is 59.0 Å². The molecule has 1 aliphatic rings. The Bertz CT molecular complexity index is 633. The summed E-state index contributed by atoms with van der Waals surface area (Å²) in [6.45, 7) is 0.313. The van der Waals surface area contributed by atoms with Gasteiger partial charge in [0.1, 0.15) is 5.82 Å². The summed E-state index contributed by atoms with van der Waals surface area (Å²) in [5.41, 5.74) is 2.87. The molecular formula is C14H19ClN4O. The summed E-state index contributed by atoms with van der Waals surface area (Å²) in [5.74, 6) is 1.74. The second-order valence-corrected chi connectivity index (χ2v) is 5.09. The second kappa shape index (κ2) is 5.81. The fraction of sp³-hybridized carbons (Fsp3) is 0.429. The van der Waals surface area contributed by atoms with E-state index in [4.69, 9.17) is 0 Å². The number of amides is 1. The molecule has 0 aliphatic heterocycles. The van der Waals surface area contributed by atoms with Gasteiger partial charge in [-0.15, -0.1) is 12.4 Å². The summed E-state index contributed by atoms with van der Waals surface area (Å²) < 4.78 is 2.16. The number of aryl methyl sites for hydroxylation is 1. The molecule has 1 amide bonds. The number of halogens is 1. The van der Waals surface area contributed by atoms with E-state index in [0.29, 0.717) is 12.5 Å². The van der Waals surface area contributed by atoms with Crippen molar-refractivity contribution in [1.82, 2.24) is 14.9 Å². The number of rotatable bonds is 4. The number of carbonyl (C=O) groups excluding carboxylic acids is 1. The summed E-state index contributed by atoms with van der Waals surface area (Å²) >= 11 is 0. The highest BCUT2D eigenvalue weighted by atomic mass is 35.5. The molecule has 0 saturated heterocycles. The molecule has 6 heteroatoms. The first-order valence-corrected chi connectivity index (χ1v) is 6.60. The van der Waals surface area contributed by atoms with E-state index in [1.807, 2.05) is 18.2 Å². The Kier molecular flexibility index (Phi) is 4.30. The van der Waals surface area contributed by atoms with E-state index >= 15 is 0 Å². The van der Waals surface area contributed by atoms with Gasteiger partial charge >= 0.3 is 0 Å². The number of fused-ring (bicyclic) bond motifs is 1. The number of anilines is 1. The smallest absolute Gasteiger partial charge is 0.238 e. The van der Waals surface area contributed by atoms with Crippen molar-refractivity contribution < 1.29 is 4.79 Å². The van der Waals surface area contributed by atoms with Crippen molar-refractivity contribution in [3.8, 4) is 0 Å². The van der Waals surface area contributed by atoms with Gasteiger partial charge in [0.15, 0.2) is 0 Å². The van der Waals surface area contributed by atoms with Crippen LogP contribution in [0, 0.1) is 0 Å². The van der Waals surface area contributed by atoms with Crippen LogP contribution in [0.2, 0.25) is 0 Å². The lowest BCUT2D eigenvalue weighted by molar-refractivity contribution is -0.115. The number of aromatic nitrogens is 2. The molecule has 1 aromatic heterocycles. The highest BCUT2D eigenvalue weighted by Crippen LogP contribution is 2.40. The third-order valence-corrected chi connectivity index (χ3v) is 3.48. The first-order chi connectivity index (χ1) is 9.19. The Balaban J connectivity index is 0.00000147. The van der Waals surface area contributed by atoms with Crippen molar-refractivity contribution in [1.29, 1.82) is 0 Å². The van der Waals surface area contributed by atoms with Crippen molar-refractivity contribution in [2.45, 2.75) is 18.8 Å². The van der Waals surface area contributed by atoms with Crippen LogP contribution >= 0.6 is 12.4 Å². The van der Waals surface area contributed by atoms with Gasteiger partial charge < -0.3 is 15.2 Å². The van der Waals surface area contributed by atoms with E-state index in [1.54, 1.807) is 7.05 Å². The zero-order chi connectivity index (χ0) is 13.4. The molecule has 1 heterocycles. The lowest BCUT2D eigenvalue weighted by Gasteiger charge is -2.04. The molecule has 0 bridgehead atoms. The van der Waals surface area contributed by atoms with Crippen LogP contribution in [0.25, 0.3) is 11.0 Å². The van der Waals surface area contributed by atoms with Gasteiger partial charge in [0.2, 0.25) is 5.91 Å². The SMILES string of the molecule is CNCC(=O)Nc1ccc2c(c1)nc(C1CC1)n2C.Cl. The average Bonchev–Trinajstić information content (AvgIpc) is 3.16. The number of hydrogen-bond donors (Lipinski definition) is 2. The molecule has 1 aromatic carbocycles. The maximum Gasteiger partial charge on any atom is 0.238 e. The average molecular weight is 295 g/mol. The lowest BCUT2D eigenvalue weighted by atomic mass is 10.2. The molecule has 3 rings (SSSR count). The summed E-state index contributed by atoms with van der Waals surface area (Å²) in [5, 5.41) is 5.69. The van der Waals surface area contributed by atoms with Crippen molar-refractivity contribution in [2.75, 3.05) is 18.9 Å². The number of carbonyl (C=O) groups is 1. The minimum Gasteiger partial charge on any atom is -0.331 e. The van der Waals surface area contributed by atoms with Crippen LogP contribution in [0.3, 0.4) is 0 Å². The third-order valence-electron chi connectivity index (χ3n) is 3.48. The van der Waals surface area contributed by atoms with E-state index < -0.39 is 0 Å². The molecule has 108 valence electrons. The van der Waals surface area contributed by atoms with Gasteiger partial charge in [0.25, 0.3) is 0 Å². The zero-order valence-electron chi connectivity index (χ0n) is 11.6. The summed E-state index contributed by atoms with van der Waals surface area (Å²) in [6, 6.07) is 5.88. The number of nitrogens with one attached hydrogen (secondary N) is 2. The first-order valence-electron chi connectivity index (χ1n) is 6.60. The van der Waals surface area contributed by atoms with E-state index in [0.717, 1.165) is 22.5 Å². The van der Waals surface area contributed by atoms with Crippen LogP contribution in [0.4, 0.5) is 5.69 Å². The second-order valence-electron chi connectivity index (χ2n) is 5.09. The number of imidazole rings is 1. The number of benzene rings is 1.